The van der Waals surface area contributed by atoms with E-state index >= 15 is 0 Å². The molecule has 13 aromatic rings. The molecule has 0 aliphatic heterocycles. The summed E-state index contributed by atoms with van der Waals surface area (Å²) in [6.45, 7) is 0. The number of para-hydroxylation sites is 4. The highest BCUT2D eigenvalue weighted by Crippen LogP contribution is 2.50. The maximum atomic E-state index is 6.48. The number of thiophene rings is 1. The van der Waals surface area contributed by atoms with Crippen LogP contribution in [-0.4, -0.2) is 4.57 Å². The van der Waals surface area contributed by atoms with Gasteiger partial charge < -0.3 is 13.9 Å². The van der Waals surface area contributed by atoms with Crippen molar-refractivity contribution in [2.24, 2.45) is 0 Å². The average molecular weight is 809 g/mol. The van der Waals surface area contributed by atoms with Gasteiger partial charge in [-0.25, -0.2) is 0 Å². The first-order valence-electron chi connectivity index (χ1n) is 21.1. The highest BCUT2D eigenvalue weighted by Gasteiger charge is 2.23. The normalized spacial score (nSPS) is 11.9. The molecule has 0 atom stereocenters. The number of fused-ring (bicyclic) bond motifs is 10. The SMILES string of the molecule is c1ccc2c(N(c3ccc(-c4cccc5c4oc4ccccc45)cc3)c3ccc(-c4ccc(-n5c6ccccc6c6ccccc65)cc4)c4sc5ccccc5c34)cccc2c1. The molecule has 13 rings (SSSR count). The third-order valence-electron chi connectivity index (χ3n) is 12.6. The molecule has 0 aliphatic rings. The van der Waals surface area contributed by atoms with E-state index in [0.29, 0.717) is 0 Å². The van der Waals surface area contributed by atoms with E-state index in [2.05, 4.69) is 216 Å². The fourth-order valence-corrected chi connectivity index (χ4v) is 11.0. The smallest absolute Gasteiger partial charge is 0.143 e. The highest BCUT2D eigenvalue weighted by molar-refractivity contribution is 7.26. The zero-order valence-corrected chi connectivity index (χ0v) is 34.3. The van der Waals surface area contributed by atoms with Crippen LogP contribution in [-0.2, 0) is 0 Å². The van der Waals surface area contributed by atoms with Crippen molar-refractivity contribution in [2.75, 3.05) is 4.90 Å². The lowest BCUT2D eigenvalue weighted by Gasteiger charge is -2.28. The van der Waals surface area contributed by atoms with E-state index in [1.165, 1.54) is 63.9 Å². The van der Waals surface area contributed by atoms with Crippen LogP contribution in [0.4, 0.5) is 17.1 Å². The Bertz CT molecular complexity index is 3810. The molecule has 0 spiro atoms. The molecule has 4 heteroatoms. The van der Waals surface area contributed by atoms with Crippen LogP contribution in [0.15, 0.2) is 223 Å². The number of aromatic nitrogens is 1. The first-order valence-corrected chi connectivity index (χ1v) is 21.9. The van der Waals surface area contributed by atoms with Crippen LogP contribution in [0.25, 0.3) is 103 Å². The second kappa shape index (κ2) is 13.8. The summed E-state index contributed by atoms with van der Waals surface area (Å²) >= 11 is 1.87. The van der Waals surface area contributed by atoms with Crippen molar-refractivity contribution in [3.63, 3.8) is 0 Å². The Balaban J connectivity index is 0.988. The zero-order valence-electron chi connectivity index (χ0n) is 33.5. The molecule has 0 radical (unpaired) electrons. The number of rotatable bonds is 6. The second-order valence-electron chi connectivity index (χ2n) is 16.0. The Morgan fingerprint density at radius 1 is 0.403 bits per heavy atom. The summed E-state index contributed by atoms with van der Waals surface area (Å²) in [5, 5.41) is 9.71. The molecule has 0 amide bonds. The molecule has 62 heavy (non-hydrogen) atoms. The monoisotopic (exact) mass is 808 g/mol. The van der Waals surface area contributed by atoms with E-state index in [0.717, 1.165) is 55.8 Å². The molecule has 0 fully saturated rings. The lowest BCUT2D eigenvalue weighted by atomic mass is 9.98. The van der Waals surface area contributed by atoms with Gasteiger partial charge >= 0.3 is 0 Å². The Morgan fingerprint density at radius 2 is 1.00 bits per heavy atom. The van der Waals surface area contributed by atoms with E-state index < -0.39 is 0 Å². The summed E-state index contributed by atoms with van der Waals surface area (Å²) in [7, 11) is 0. The largest absolute Gasteiger partial charge is 0.455 e. The minimum atomic E-state index is 0.906. The van der Waals surface area contributed by atoms with Gasteiger partial charge in [-0.05, 0) is 82.7 Å². The van der Waals surface area contributed by atoms with Crippen LogP contribution in [0.5, 0.6) is 0 Å². The summed E-state index contributed by atoms with van der Waals surface area (Å²) in [5.74, 6) is 0. The van der Waals surface area contributed by atoms with Gasteiger partial charge in [0.05, 0.1) is 22.4 Å². The van der Waals surface area contributed by atoms with Gasteiger partial charge in [0.25, 0.3) is 0 Å². The first-order chi connectivity index (χ1) is 30.8. The van der Waals surface area contributed by atoms with Gasteiger partial charge in [0, 0.05) is 64.0 Å². The standard InChI is InChI=1S/C58H36N2OS/c1-2-15-42-37(13-1)14-11-24-50(42)60(41-31-27-38(28-32-41)43-20-12-21-48-47-18-5-9-25-54(47)61-57(43)48)53-36-35-44(58-56(53)49-19-6-10-26-55(49)62-58)39-29-33-40(34-30-39)59-51-22-7-3-16-45(51)46-17-4-8-23-52(46)59/h1-36H. The Kier molecular flexibility index (Phi) is 7.78. The average Bonchev–Trinajstić information content (AvgIpc) is 4.03. The van der Waals surface area contributed by atoms with Crippen LogP contribution >= 0.6 is 11.3 Å². The van der Waals surface area contributed by atoms with Crippen LogP contribution < -0.4 is 4.90 Å². The number of hydrogen-bond donors (Lipinski definition) is 0. The fourth-order valence-electron chi connectivity index (χ4n) is 9.79. The van der Waals surface area contributed by atoms with Gasteiger partial charge in [0.15, 0.2) is 0 Å². The molecule has 0 N–H and O–H groups in total. The predicted molar refractivity (Wildman–Crippen MR) is 264 cm³/mol. The molecular formula is C58H36N2OS. The Hall–Kier alpha value is -7.92. The van der Waals surface area contributed by atoms with Crippen LogP contribution in [0.2, 0.25) is 0 Å². The fraction of sp³-hybridized carbons (Fsp3) is 0. The molecule has 0 bridgehead atoms. The molecule has 3 aromatic heterocycles. The van der Waals surface area contributed by atoms with E-state index in [1.54, 1.807) is 0 Å². The van der Waals surface area contributed by atoms with Crippen LogP contribution in [0.1, 0.15) is 0 Å². The number of furan rings is 1. The molecule has 0 saturated heterocycles. The van der Waals surface area contributed by atoms with Gasteiger partial charge in [0.1, 0.15) is 11.2 Å². The number of nitrogens with zero attached hydrogens (tertiary/aromatic N) is 2. The van der Waals surface area contributed by atoms with Crippen molar-refractivity contribution >= 4 is 103 Å². The van der Waals surface area contributed by atoms with Crippen LogP contribution in [0, 0.1) is 0 Å². The van der Waals surface area contributed by atoms with Crippen LogP contribution in [0.3, 0.4) is 0 Å². The van der Waals surface area contributed by atoms with Gasteiger partial charge in [-0.15, -0.1) is 11.3 Å². The summed E-state index contributed by atoms with van der Waals surface area (Å²) in [6, 6.07) is 79.2. The number of anilines is 3. The van der Waals surface area contributed by atoms with Crippen molar-refractivity contribution in [3.8, 4) is 27.9 Å². The molecule has 10 aromatic carbocycles. The topological polar surface area (TPSA) is 21.3 Å². The molecule has 0 saturated carbocycles. The van der Waals surface area contributed by atoms with Gasteiger partial charge in [-0.3, -0.25) is 0 Å². The third kappa shape index (κ3) is 5.30. The van der Waals surface area contributed by atoms with E-state index in [9.17, 15) is 0 Å². The number of benzene rings is 10. The summed E-state index contributed by atoms with van der Waals surface area (Å²) in [4.78, 5) is 2.46. The third-order valence-corrected chi connectivity index (χ3v) is 13.8. The van der Waals surface area contributed by atoms with Gasteiger partial charge in [-0.2, -0.15) is 0 Å². The molecule has 0 unspecified atom stereocenters. The summed E-state index contributed by atoms with van der Waals surface area (Å²) in [5.41, 5.74) is 13.4. The molecule has 3 heterocycles. The van der Waals surface area contributed by atoms with E-state index in [1.807, 2.05) is 23.5 Å². The lowest BCUT2D eigenvalue weighted by Crippen LogP contribution is -2.11. The second-order valence-corrected chi connectivity index (χ2v) is 17.1. The predicted octanol–water partition coefficient (Wildman–Crippen LogP) is 17.0. The minimum Gasteiger partial charge on any atom is -0.455 e. The lowest BCUT2D eigenvalue weighted by molar-refractivity contribution is 0.670. The summed E-state index contributed by atoms with van der Waals surface area (Å²) in [6.07, 6.45) is 0. The van der Waals surface area contributed by atoms with Crippen molar-refractivity contribution in [1.82, 2.24) is 4.57 Å². The highest BCUT2D eigenvalue weighted by atomic mass is 32.1. The molecule has 290 valence electrons. The Morgan fingerprint density at radius 3 is 1.79 bits per heavy atom. The molecule has 0 aliphatic carbocycles. The van der Waals surface area contributed by atoms with Gasteiger partial charge in [-0.1, -0.05) is 158 Å². The maximum absolute atomic E-state index is 6.48. The molecule has 3 nitrogen and oxygen atoms in total. The van der Waals surface area contributed by atoms with Crippen molar-refractivity contribution in [3.05, 3.63) is 218 Å². The molecular weight excluding hydrogens is 773 g/mol. The first kappa shape index (κ1) is 34.9. The minimum absolute atomic E-state index is 0.906. The maximum Gasteiger partial charge on any atom is 0.143 e. The van der Waals surface area contributed by atoms with E-state index in [4.69, 9.17) is 4.42 Å². The van der Waals surface area contributed by atoms with Crippen molar-refractivity contribution in [1.29, 1.82) is 0 Å². The summed E-state index contributed by atoms with van der Waals surface area (Å²) < 4.78 is 11.4. The van der Waals surface area contributed by atoms with Gasteiger partial charge in [0.2, 0.25) is 0 Å². The Labute approximate surface area is 361 Å². The van der Waals surface area contributed by atoms with Crippen molar-refractivity contribution < 1.29 is 4.42 Å². The van der Waals surface area contributed by atoms with Crippen molar-refractivity contribution in [2.45, 2.75) is 0 Å². The number of hydrogen-bond acceptors (Lipinski definition) is 3. The zero-order chi connectivity index (χ0) is 40.7. The van der Waals surface area contributed by atoms with E-state index in [-0.39, 0.29) is 0 Å². The quantitative estimate of drug-likeness (QED) is 0.167.